The molecule has 0 saturated carbocycles. The van der Waals surface area contributed by atoms with Crippen molar-refractivity contribution in [2.45, 2.75) is 31.7 Å². The van der Waals surface area contributed by atoms with Crippen LogP contribution < -0.4 is 10.6 Å². The summed E-state index contributed by atoms with van der Waals surface area (Å²) in [5, 5.41) is 39.5. The van der Waals surface area contributed by atoms with E-state index in [1.54, 1.807) is 60.7 Å². The van der Waals surface area contributed by atoms with Crippen LogP contribution in [0.1, 0.15) is 44.3 Å². The molecule has 48 heavy (non-hydrogen) atoms. The number of carboxylic acid groups (broad SMARTS) is 1. The Balaban J connectivity index is 1.72. The second kappa shape index (κ2) is 15.8. The Morgan fingerprint density at radius 3 is 2.04 bits per heavy atom. The van der Waals surface area contributed by atoms with E-state index in [1.165, 1.54) is 25.1 Å². The quantitative estimate of drug-likeness (QED) is 0.0565. The molecule has 11 nitrogen and oxygen atoms in total. The number of methoxy groups -OCH3 is 1. The topological polar surface area (TPSA) is 161 Å². The summed E-state index contributed by atoms with van der Waals surface area (Å²) in [7, 11) is 1.14. The number of anilines is 1. The highest BCUT2D eigenvalue weighted by Crippen LogP contribution is 2.25. The summed E-state index contributed by atoms with van der Waals surface area (Å²) in [5.74, 6) is -3.20. The van der Waals surface area contributed by atoms with Gasteiger partial charge in [0.05, 0.1) is 12.3 Å². The first-order valence-electron chi connectivity index (χ1n) is 14.7. The van der Waals surface area contributed by atoms with Gasteiger partial charge in [-0.3, -0.25) is 9.59 Å². The number of oxime groups is 1. The molecule has 0 aliphatic carbocycles. The van der Waals surface area contributed by atoms with Gasteiger partial charge in [-0.25, -0.2) is 13.6 Å². The fraction of sp³-hybridized carbons (Fsp3) is 0.200. The van der Waals surface area contributed by atoms with Gasteiger partial charge in [-0.2, -0.15) is 0 Å². The maximum Gasteiger partial charge on any atom is 0.407 e. The number of aliphatic hydroxyl groups excluding tert-OH is 1. The number of benzene rings is 4. The molecule has 250 valence electrons. The Labute approximate surface area is 275 Å². The Kier molecular flexibility index (Phi) is 11.6. The number of carbonyl (C=O) groups is 3. The number of halogens is 2. The molecule has 0 heterocycles. The zero-order chi connectivity index (χ0) is 34.8. The number of carbonyl (C=O) groups excluding carboxylic acids is 2. The van der Waals surface area contributed by atoms with Crippen LogP contribution in [0, 0.1) is 11.6 Å². The van der Waals surface area contributed by atoms with E-state index in [9.17, 15) is 38.6 Å². The monoisotopic (exact) mass is 660 g/mol. The molecular weight excluding hydrogens is 626 g/mol. The van der Waals surface area contributed by atoms with Gasteiger partial charge in [-0.15, -0.1) is 0 Å². The summed E-state index contributed by atoms with van der Waals surface area (Å²) in [5.41, 5.74) is -0.757. The van der Waals surface area contributed by atoms with Crippen molar-refractivity contribution in [3.63, 3.8) is 0 Å². The van der Waals surface area contributed by atoms with Crippen molar-refractivity contribution >= 4 is 29.3 Å². The number of amides is 3. The van der Waals surface area contributed by atoms with Crippen molar-refractivity contribution in [1.82, 2.24) is 10.2 Å². The molecule has 13 heteroatoms. The van der Waals surface area contributed by atoms with Gasteiger partial charge in [-0.05, 0) is 60.5 Å². The lowest BCUT2D eigenvalue weighted by atomic mass is 9.94. The lowest BCUT2D eigenvalue weighted by molar-refractivity contribution is -0.123. The van der Waals surface area contributed by atoms with E-state index in [-0.39, 0.29) is 34.6 Å². The highest BCUT2D eigenvalue weighted by atomic mass is 19.1. The molecule has 5 N–H and O–H groups in total. The minimum atomic E-state index is -2.13. The molecule has 0 aliphatic heterocycles. The van der Waals surface area contributed by atoms with E-state index < -0.39 is 54.3 Å². The molecule has 4 aromatic rings. The third kappa shape index (κ3) is 8.99. The van der Waals surface area contributed by atoms with Crippen molar-refractivity contribution in [3.05, 3.63) is 137 Å². The van der Waals surface area contributed by atoms with E-state index >= 15 is 0 Å². The molecule has 0 bridgehead atoms. The highest BCUT2D eigenvalue weighted by Gasteiger charge is 2.42. The van der Waals surface area contributed by atoms with Gasteiger partial charge in [0.25, 0.3) is 11.8 Å². The van der Waals surface area contributed by atoms with Gasteiger partial charge in [0.2, 0.25) is 0 Å². The van der Waals surface area contributed by atoms with Crippen LogP contribution in [0.5, 0.6) is 0 Å². The number of nitrogens with zero attached hydrogens (tertiary/aromatic N) is 2. The molecule has 0 aromatic heterocycles. The SMILES string of the molecule is CO[C@](Cc1cc(F)cc(F)c1)(NC(=O)c1cc(NC(=O)c2ccccc2)cc(/C(C)=N/O)c1)[C@H](O)CN(Cc1ccccc1)C(=O)O. The Morgan fingerprint density at radius 2 is 1.46 bits per heavy atom. The maximum atomic E-state index is 14.2. The van der Waals surface area contributed by atoms with Gasteiger partial charge >= 0.3 is 6.09 Å². The van der Waals surface area contributed by atoms with Gasteiger partial charge in [0, 0.05) is 48.5 Å². The van der Waals surface area contributed by atoms with Gasteiger partial charge < -0.3 is 35.7 Å². The van der Waals surface area contributed by atoms with Crippen molar-refractivity contribution < 1.29 is 43.3 Å². The zero-order valence-electron chi connectivity index (χ0n) is 26.1. The maximum absolute atomic E-state index is 14.2. The van der Waals surface area contributed by atoms with E-state index in [2.05, 4.69) is 15.8 Å². The molecule has 0 unspecified atom stereocenters. The molecular formula is C35H34F2N4O7. The molecule has 0 spiro atoms. The number of ether oxygens (including phenoxy) is 1. The predicted molar refractivity (Wildman–Crippen MR) is 173 cm³/mol. The van der Waals surface area contributed by atoms with Crippen LogP contribution in [-0.2, 0) is 17.7 Å². The van der Waals surface area contributed by atoms with Crippen LogP contribution in [0.15, 0.2) is 102 Å². The second-order valence-corrected chi connectivity index (χ2v) is 11.0. The number of nitrogens with one attached hydrogen (secondary N) is 2. The first-order chi connectivity index (χ1) is 22.9. The number of aliphatic hydroxyl groups is 1. The van der Waals surface area contributed by atoms with Gasteiger partial charge in [-0.1, -0.05) is 53.7 Å². The fourth-order valence-corrected chi connectivity index (χ4v) is 5.05. The van der Waals surface area contributed by atoms with Gasteiger partial charge in [0.15, 0.2) is 5.72 Å². The lowest BCUT2D eigenvalue weighted by Gasteiger charge is -2.39. The van der Waals surface area contributed by atoms with Crippen molar-refractivity contribution in [1.29, 1.82) is 0 Å². The van der Waals surface area contributed by atoms with Crippen LogP contribution in [0.2, 0.25) is 0 Å². The number of hydrogen-bond donors (Lipinski definition) is 5. The third-order valence-electron chi connectivity index (χ3n) is 7.55. The van der Waals surface area contributed by atoms with Crippen LogP contribution in [-0.4, -0.2) is 69.4 Å². The van der Waals surface area contributed by atoms with E-state index in [0.717, 1.165) is 24.1 Å². The molecule has 3 amide bonds. The van der Waals surface area contributed by atoms with Crippen LogP contribution in [0.3, 0.4) is 0 Å². The Bertz CT molecular complexity index is 1770. The van der Waals surface area contributed by atoms with E-state index in [0.29, 0.717) is 17.2 Å². The van der Waals surface area contributed by atoms with E-state index in [1.807, 2.05) is 0 Å². The molecule has 4 aromatic carbocycles. The summed E-state index contributed by atoms with van der Waals surface area (Å²) in [6.45, 7) is 0.765. The van der Waals surface area contributed by atoms with Crippen molar-refractivity contribution in [2.75, 3.05) is 19.0 Å². The minimum absolute atomic E-state index is 0.00791. The first-order valence-corrected chi connectivity index (χ1v) is 14.7. The summed E-state index contributed by atoms with van der Waals surface area (Å²) in [4.78, 5) is 40.0. The average Bonchev–Trinajstić information content (AvgIpc) is 3.07. The average molecular weight is 661 g/mol. The van der Waals surface area contributed by atoms with Crippen LogP contribution >= 0.6 is 0 Å². The zero-order valence-corrected chi connectivity index (χ0v) is 26.1. The summed E-state index contributed by atoms with van der Waals surface area (Å²) in [6.07, 6.45) is -3.65. The van der Waals surface area contributed by atoms with E-state index in [4.69, 9.17) is 4.74 Å². The summed E-state index contributed by atoms with van der Waals surface area (Å²) in [6, 6.07) is 23.7. The van der Waals surface area contributed by atoms with Crippen molar-refractivity contribution in [3.8, 4) is 0 Å². The normalized spacial score (nSPS) is 13.2. The smallest absolute Gasteiger partial charge is 0.407 e. The van der Waals surface area contributed by atoms with Crippen molar-refractivity contribution in [2.24, 2.45) is 5.16 Å². The van der Waals surface area contributed by atoms with Crippen LogP contribution in [0.25, 0.3) is 0 Å². The number of hydrogen-bond acceptors (Lipinski definition) is 7. The van der Waals surface area contributed by atoms with Gasteiger partial charge in [0.1, 0.15) is 17.7 Å². The Morgan fingerprint density at radius 1 is 0.854 bits per heavy atom. The highest BCUT2D eigenvalue weighted by molar-refractivity contribution is 6.07. The summed E-state index contributed by atoms with van der Waals surface area (Å²) >= 11 is 0. The first kappa shape index (κ1) is 35.2. The number of rotatable bonds is 13. The lowest BCUT2D eigenvalue weighted by Crippen LogP contribution is -2.62. The molecule has 2 atom stereocenters. The third-order valence-corrected chi connectivity index (χ3v) is 7.55. The molecule has 0 radical (unpaired) electrons. The predicted octanol–water partition coefficient (Wildman–Crippen LogP) is 5.27. The largest absolute Gasteiger partial charge is 0.465 e. The molecule has 4 rings (SSSR count). The molecule has 0 saturated heterocycles. The Hall–Kier alpha value is -5.66. The summed E-state index contributed by atoms with van der Waals surface area (Å²) < 4.78 is 34.2. The minimum Gasteiger partial charge on any atom is -0.465 e. The molecule has 0 aliphatic rings. The second-order valence-electron chi connectivity index (χ2n) is 11.0. The standard InChI is InChI=1S/C35H34F2N4O7/c1-22(40-47)26-15-27(17-30(16-26)38-32(43)25-11-7-4-8-12-25)33(44)39-35(48-2,19-24-13-28(36)18-29(37)14-24)31(42)21-41(34(45)46)20-23-9-5-3-6-10-23/h3-18,31,42,47H,19-21H2,1-2H3,(H,38,43)(H,39,44)(H,45,46)/b40-22+/t31-,35+/m1/s1. The fourth-order valence-electron chi connectivity index (χ4n) is 5.05. The van der Waals surface area contributed by atoms with Crippen LogP contribution in [0.4, 0.5) is 19.3 Å². The molecule has 0 fully saturated rings.